The fourth-order valence-electron chi connectivity index (χ4n) is 3.08. The van der Waals surface area contributed by atoms with Gasteiger partial charge in [0.1, 0.15) is 18.1 Å². The zero-order valence-electron chi connectivity index (χ0n) is 17.8. The fraction of sp³-hybridized carbons (Fsp3) is 0.200. The molecule has 170 valence electrons. The molecule has 0 saturated carbocycles. The third-order valence-electron chi connectivity index (χ3n) is 4.74. The summed E-state index contributed by atoms with van der Waals surface area (Å²) in [5.74, 6) is 3.56. The van der Waals surface area contributed by atoms with Gasteiger partial charge in [-0.15, -0.1) is 23.5 Å². The molecule has 1 heterocycles. The first-order chi connectivity index (χ1) is 16.2. The lowest BCUT2D eigenvalue weighted by Gasteiger charge is -2.10. The van der Waals surface area contributed by atoms with Crippen molar-refractivity contribution in [3.8, 4) is 11.5 Å². The van der Waals surface area contributed by atoms with E-state index in [-0.39, 0.29) is 12.5 Å². The van der Waals surface area contributed by atoms with E-state index in [0.29, 0.717) is 16.9 Å². The third kappa shape index (κ3) is 7.41. The second-order valence-corrected chi connectivity index (χ2v) is 11.1. The molecule has 0 aliphatic carbocycles. The number of benzene rings is 3. The average Bonchev–Trinajstić information content (AvgIpc) is 3.38. The minimum absolute atomic E-state index is 0.0899. The second-order valence-electron chi connectivity index (χ2n) is 7.19. The number of rotatable bonds is 9. The molecule has 0 unspecified atom stereocenters. The number of carbonyl (C=O) groups excluding carboxylic acids is 1. The lowest BCUT2D eigenvalue weighted by Crippen LogP contribution is -2.24. The van der Waals surface area contributed by atoms with Gasteiger partial charge >= 0.3 is 0 Å². The zero-order valence-corrected chi connectivity index (χ0v) is 21.6. The van der Waals surface area contributed by atoms with Crippen LogP contribution >= 0.6 is 46.1 Å². The molecule has 5 nitrogen and oxygen atoms in total. The van der Waals surface area contributed by atoms with Crippen molar-refractivity contribution >= 4 is 58.2 Å². The SMILES string of the molecule is O=C(COc1ccc(C2SCCS2)cc1)N/N=C\c1ccc(OCc2ccccc2)c(I)c1. The number of thioether (sulfide) groups is 2. The summed E-state index contributed by atoms with van der Waals surface area (Å²) in [7, 11) is 0. The molecule has 1 amide bonds. The highest BCUT2D eigenvalue weighted by Crippen LogP contribution is 2.45. The van der Waals surface area contributed by atoms with Crippen LogP contribution in [0.5, 0.6) is 11.5 Å². The van der Waals surface area contributed by atoms with Gasteiger partial charge in [-0.25, -0.2) is 5.43 Å². The van der Waals surface area contributed by atoms with Crippen molar-refractivity contribution in [1.82, 2.24) is 5.43 Å². The van der Waals surface area contributed by atoms with Crippen molar-refractivity contribution in [3.63, 3.8) is 0 Å². The molecule has 8 heteroatoms. The molecule has 1 aliphatic rings. The number of hydrazone groups is 1. The van der Waals surface area contributed by atoms with E-state index in [4.69, 9.17) is 9.47 Å². The van der Waals surface area contributed by atoms with Crippen molar-refractivity contribution in [2.24, 2.45) is 5.10 Å². The van der Waals surface area contributed by atoms with Crippen molar-refractivity contribution in [2.45, 2.75) is 11.2 Å². The maximum absolute atomic E-state index is 12.0. The molecule has 33 heavy (non-hydrogen) atoms. The molecule has 0 aromatic heterocycles. The summed E-state index contributed by atoms with van der Waals surface area (Å²) < 4.78 is 12.9. The van der Waals surface area contributed by atoms with E-state index in [1.807, 2.05) is 84.2 Å². The lowest BCUT2D eigenvalue weighted by atomic mass is 10.2. The van der Waals surface area contributed by atoms with Gasteiger partial charge < -0.3 is 9.47 Å². The first-order valence-corrected chi connectivity index (χ1v) is 13.6. The number of ether oxygens (including phenoxy) is 2. The van der Waals surface area contributed by atoms with Gasteiger partial charge in [0.15, 0.2) is 6.61 Å². The molecule has 3 aromatic rings. The van der Waals surface area contributed by atoms with Gasteiger partial charge in [0.25, 0.3) is 5.91 Å². The van der Waals surface area contributed by atoms with Crippen LogP contribution < -0.4 is 14.9 Å². The summed E-state index contributed by atoms with van der Waals surface area (Å²) in [5.41, 5.74) is 5.77. The van der Waals surface area contributed by atoms with Crippen LogP contribution in [0.3, 0.4) is 0 Å². The van der Waals surface area contributed by atoms with E-state index >= 15 is 0 Å². The van der Waals surface area contributed by atoms with Gasteiger partial charge in [-0.05, 0) is 69.6 Å². The molecule has 4 rings (SSSR count). The lowest BCUT2D eigenvalue weighted by molar-refractivity contribution is -0.123. The van der Waals surface area contributed by atoms with Crippen LogP contribution in [0.25, 0.3) is 0 Å². The van der Waals surface area contributed by atoms with Crippen molar-refractivity contribution in [1.29, 1.82) is 0 Å². The van der Waals surface area contributed by atoms with E-state index in [1.54, 1.807) is 6.21 Å². The Morgan fingerprint density at radius 1 is 1.03 bits per heavy atom. The number of amides is 1. The predicted octanol–water partition coefficient (Wildman–Crippen LogP) is 5.88. The Morgan fingerprint density at radius 2 is 1.79 bits per heavy atom. The largest absolute Gasteiger partial charge is 0.488 e. The van der Waals surface area contributed by atoms with Crippen molar-refractivity contribution < 1.29 is 14.3 Å². The van der Waals surface area contributed by atoms with E-state index in [9.17, 15) is 4.79 Å². The van der Waals surface area contributed by atoms with Crippen LogP contribution in [0, 0.1) is 3.57 Å². The highest BCUT2D eigenvalue weighted by Gasteiger charge is 2.18. The Kier molecular flexibility index (Phi) is 8.96. The molecule has 0 spiro atoms. The standard InChI is InChI=1S/C25H23IN2O3S2/c26-22-14-19(6-11-23(22)31-16-18-4-2-1-3-5-18)15-27-28-24(29)17-30-21-9-7-20(8-10-21)25-32-12-13-33-25/h1-11,14-15,25H,12-13,16-17H2,(H,28,29)/b27-15-. The molecule has 0 bridgehead atoms. The molecule has 0 radical (unpaired) electrons. The Morgan fingerprint density at radius 3 is 2.52 bits per heavy atom. The molecule has 1 saturated heterocycles. The van der Waals surface area contributed by atoms with E-state index in [0.717, 1.165) is 20.4 Å². The van der Waals surface area contributed by atoms with Crippen LogP contribution in [0.15, 0.2) is 77.9 Å². The third-order valence-corrected chi connectivity index (χ3v) is 8.69. The van der Waals surface area contributed by atoms with Gasteiger partial charge in [0.2, 0.25) is 0 Å². The average molecular weight is 591 g/mol. The minimum atomic E-state index is -0.310. The first kappa shape index (κ1) is 24.0. The number of carbonyl (C=O) groups is 1. The van der Waals surface area contributed by atoms with E-state index < -0.39 is 0 Å². The fourth-order valence-corrected chi connectivity index (χ4v) is 6.64. The number of nitrogens with one attached hydrogen (secondary N) is 1. The summed E-state index contributed by atoms with van der Waals surface area (Å²) in [4.78, 5) is 12.0. The van der Waals surface area contributed by atoms with Gasteiger partial charge in [0, 0.05) is 11.5 Å². The monoisotopic (exact) mass is 590 g/mol. The molecule has 0 atom stereocenters. The second kappa shape index (κ2) is 12.3. The summed E-state index contributed by atoms with van der Waals surface area (Å²) in [6, 6.07) is 23.8. The molecule has 3 aromatic carbocycles. The minimum Gasteiger partial charge on any atom is -0.488 e. The van der Waals surface area contributed by atoms with Crippen molar-refractivity contribution in [3.05, 3.63) is 93.1 Å². The Labute approximate surface area is 215 Å². The highest BCUT2D eigenvalue weighted by molar-refractivity contribution is 14.1. The zero-order chi connectivity index (χ0) is 22.9. The smallest absolute Gasteiger partial charge is 0.277 e. The maximum Gasteiger partial charge on any atom is 0.277 e. The number of nitrogens with zero attached hydrogens (tertiary/aromatic N) is 1. The molecular formula is C25H23IN2O3S2. The molecule has 1 aliphatic heterocycles. The van der Waals surface area contributed by atoms with Gasteiger partial charge in [0.05, 0.1) is 14.4 Å². The molecular weight excluding hydrogens is 567 g/mol. The number of hydrogen-bond donors (Lipinski definition) is 1. The summed E-state index contributed by atoms with van der Waals surface area (Å²) >= 11 is 6.16. The number of hydrogen-bond acceptors (Lipinski definition) is 6. The molecule has 1 N–H and O–H groups in total. The normalized spacial score (nSPS) is 13.8. The van der Waals surface area contributed by atoms with Gasteiger partial charge in [-0.2, -0.15) is 5.10 Å². The van der Waals surface area contributed by atoms with Gasteiger partial charge in [-0.1, -0.05) is 42.5 Å². The van der Waals surface area contributed by atoms with E-state index in [2.05, 4.69) is 45.3 Å². The Hall–Kier alpha value is -2.17. The predicted molar refractivity (Wildman–Crippen MR) is 145 cm³/mol. The van der Waals surface area contributed by atoms with Crippen LogP contribution in [-0.4, -0.2) is 30.2 Å². The first-order valence-electron chi connectivity index (χ1n) is 10.4. The van der Waals surface area contributed by atoms with Crippen LogP contribution in [-0.2, 0) is 11.4 Å². The van der Waals surface area contributed by atoms with Gasteiger partial charge in [-0.3, -0.25) is 4.79 Å². The van der Waals surface area contributed by atoms with Crippen LogP contribution in [0.4, 0.5) is 0 Å². The maximum atomic E-state index is 12.0. The van der Waals surface area contributed by atoms with Crippen LogP contribution in [0.1, 0.15) is 21.3 Å². The number of halogens is 1. The highest BCUT2D eigenvalue weighted by atomic mass is 127. The van der Waals surface area contributed by atoms with Crippen molar-refractivity contribution in [2.75, 3.05) is 18.1 Å². The quantitative estimate of drug-likeness (QED) is 0.192. The summed E-state index contributed by atoms with van der Waals surface area (Å²) in [6.45, 7) is 0.426. The Balaban J connectivity index is 1.21. The topological polar surface area (TPSA) is 59.9 Å². The summed E-state index contributed by atoms with van der Waals surface area (Å²) in [6.07, 6.45) is 1.60. The Bertz CT molecular complexity index is 1090. The molecule has 1 fully saturated rings. The van der Waals surface area contributed by atoms with Crippen LogP contribution in [0.2, 0.25) is 0 Å². The van der Waals surface area contributed by atoms with E-state index in [1.165, 1.54) is 17.1 Å². The summed E-state index contributed by atoms with van der Waals surface area (Å²) in [5, 5.41) is 4.03.